The van der Waals surface area contributed by atoms with E-state index in [4.69, 9.17) is 9.31 Å². The average molecular weight is 733 g/mol. The molecule has 0 atom stereocenters. The van der Waals surface area contributed by atoms with Gasteiger partial charge in [0.15, 0.2) is 5.65 Å². The highest BCUT2D eigenvalue weighted by Gasteiger charge is 2.52. The molecule has 5 aromatic rings. The quantitative estimate of drug-likeness (QED) is 0.170. The van der Waals surface area contributed by atoms with Crippen molar-refractivity contribution in [3.63, 3.8) is 0 Å². The van der Waals surface area contributed by atoms with Gasteiger partial charge in [-0.25, -0.2) is 0 Å². The van der Waals surface area contributed by atoms with E-state index in [1.807, 2.05) is 13.1 Å². The maximum absolute atomic E-state index is 6.19. The molecule has 3 heterocycles. The Morgan fingerprint density at radius 3 is 1.78 bits per heavy atom. The van der Waals surface area contributed by atoms with Gasteiger partial charge in [0.1, 0.15) is 5.82 Å². The van der Waals surface area contributed by atoms with Crippen LogP contribution in [0.3, 0.4) is 0 Å². The highest BCUT2D eigenvalue weighted by Crippen LogP contribution is 2.37. The first-order valence-corrected chi connectivity index (χ1v) is 19.6. The average Bonchev–Trinajstić information content (AvgIpc) is 3.62. The summed E-state index contributed by atoms with van der Waals surface area (Å²) in [5.74, 6) is 0.937. The molecule has 0 bridgehead atoms. The molecule has 260 valence electrons. The van der Waals surface area contributed by atoms with Crippen LogP contribution >= 0.6 is 15.9 Å². The van der Waals surface area contributed by atoms with E-state index in [2.05, 4.69) is 125 Å². The SMILES string of the molecule is Brc1cccc2c1CCCC2.CC1(C)OB(c2cccc3c2CCCC3)OC1(C)C.Cc1nnc2c(-c3cccc4c3CCCC4)cccn12. The third-order valence-corrected chi connectivity index (χ3v) is 12.3. The molecule has 4 aliphatic rings. The normalized spacial score (nSPS) is 18.6. The van der Waals surface area contributed by atoms with Gasteiger partial charge in [-0.05, 0) is 174 Å². The molecular weight excluding hydrogens is 681 g/mol. The standard InChI is InChI=1S/C17H17N3.C16H23BO2.C10H11Br/c1-12-18-19-17-16(10-5-11-20(12)17)15-9-4-7-13-6-2-3-8-14(13)15;1-15(2)16(3,4)19-17(18-15)14-11-7-9-12-8-5-6-10-13(12)14;11-10-7-3-5-8-4-1-2-6-9(8)10/h4-5,7,9-11H,2-3,6,8H2,1H3;7,9,11H,5-6,8,10H2,1-4H3;3,5,7H,1-2,4,6H2. The van der Waals surface area contributed by atoms with Crippen LogP contribution in [0.15, 0.2) is 77.4 Å². The number of aryl methyl sites for hydroxylation is 4. The lowest BCUT2D eigenvalue weighted by Crippen LogP contribution is -2.41. The van der Waals surface area contributed by atoms with Gasteiger partial charge in [0.25, 0.3) is 0 Å². The summed E-state index contributed by atoms with van der Waals surface area (Å²) in [7, 11) is -0.210. The second kappa shape index (κ2) is 14.8. The van der Waals surface area contributed by atoms with Crippen LogP contribution in [-0.4, -0.2) is 32.9 Å². The molecule has 9 rings (SSSR count). The molecule has 0 unspecified atom stereocenters. The Morgan fingerprint density at radius 1 is 0.600 bits per heavy atom. The fourth-order valence-electron chi connectivity index (χ4n) is 8.01. The van der Waals surface area contributed by atoms with Gasteiger partial charge in [-0.2, -0.15) is 0 Å². The number of rotatable bonds is 2. The zero-order chi connectivity index (χ0) is 34.9. The van der Waals surface area contributed by atoms with Crippen LogP contribution in [0.4, 0.5) is 0 Å². The van der Waals surface area contributed by atoms with Crippen LogP contribution in [0.5, 0.6) is 0 Å². The van der Waals surface area contributed by atoms with Gasteiger partial charge in [-0.15, -0.1) is 10.2 Å². The number of hydrogen-bond donors (Lipinski definition) is 0. The van der Waals surface area contributed by atoms with Crippen LogP contribution in [0, 0.1) is 6.92 Å². The molecule has 3 aliphatic carbocycles. The summed E-state index contributed by atoms with van der Waals surface area (Å²) in [6.07, 6.45) is 17.2. The Kier molecular flexibility index (Phi) is 10.4. The molecule has 1 aliphatic heterocycles. The minimum absolute atomic E-state index is 0.210. The maximum Gasteiger partial charge on any atom is 0.495 e. The number of halogens is 1. The molecule has 1 fully saturated rings. The molecule has 7 heteroatoms. The molecule has 0 saturated carbocycles. The van der Waals surface area contributed by atoms with Crippen molar-refractivity contribution in [1.82, 2.24) is 14.6 Å². The van der Waals surface area contributed by atoms with E-state index >= 15 is 0 Å². The second-order valence-electron chi connectivity index (χ2n) is 15.4. The number of fused-ring (bicyclic) bond motifs is 4. The lowest BCUT2D eigenvalue weighted by atomic mass is 9.72. The van der Waals surface area contributed by atoms with Gasteiger partial charge in [0, 0.05) is 16.2 Å². The molecule has 3 aromatic carbocycles. The fraction of sp³-hybridized carbons (Fsp3) is 0.442. The van der Waals surface area contributed by atoms with Crippen molar-refractivity contribution in [2.24, 2.45) is 0 Å². The maximum atomic E-state index is 6.19. The van der Waals surface area contributed by atoms with Crippen molar-refractivity contribution in [1.29, 1.82) is 0 Å². The summed E-state index contributed by atoms with van der Waals surface area (Å²) >= 11 is 3.58. The van der Waals surface area contributed by atoms with Crippen LogP contribution in [-0.2, 0) is 47.8 Å². The number of nitrogens with zero attached hydrogens (tertiary/aromatic N) is 3. The van der Waals surface area contributed by atoms with E-state index in [1.54, 1.807) is 11.1 Å². The van der Waals surface area contributed by atoms with Crippen molar-refractivity contribution >= 4 is 34.2 Å². The van der Waals surface area contributed by atoms with Crippen molar-refractivity contribution in [3.8, 4) is 11.1 Å². The topological polar surface area (TPSA) is 48.7 Å². The van der Waals surface area contributed by atoms with Crippen molar-refractivity contribution in [3.05, 3.63) is 117 Å². The molecule has 50 heavy (non-hydrogen) atoms. The van der Waals surface area contributed by atoms with Crippen molar-refractivity contribution in [2.75, 3.05) is 0 Å². The monoisotopic (exact) mass is 731 g/mol. The van der Waals surface area contributed by atoms with Gasteiger partial charge in [0.2, 0.25) is 0 Å². The Morgan fingerprint density at radius 2 is 1.12 bits per heavy atom. The first-order chi connectivity index (χ1) is 24.1. The van der Waals surface area contributed by atoms with Gasteiger partial charge in [0.05, 0.1) is 11.2 Å². The minimum atomic E-state index is -0.255. The molecule has 5 nitrogen and oxygen atoms in total. The minimum Gasteiger partial charge on any atom is -0.399 e. The Bertz CT molecular complexity index is 1970. The lowest BCUT2D eigenvalue weighted by molar-refractivity contribution is 0.00578. The van der Waals surface area contributed by atoms with Crippen LogP contribution in [0.1, 0.15) is 105 Å². The third-order valence-electron chi connectivity index (χ3n) is 11.6. The van der Waals surface area contributed by atoms with Crippen molar-refractivity contribution < 1.29 is 9.31 Å². The molecule has 0 N–H and O–H groups in total. The zero-order valence-electron chi connectivity index (χ0n) is 30.5. The highest BCUT2D eigenvalue weighted by atomic mass is 79.9. The van der Waals surface area contributed by atoms with E-state index in [9.17, 15) is 0 Å². The number of aromatic nitrogens is 3. The third kappa shape index (κ3) is 7.11. The lowest BCUT2D eigenvalue weighted by Gasteiger charge is -2.32. The van der Waals surface area contributed by atoms with Crippen LogP contribution in [0.25, 0.3) is 16.8 Å². The fourth-order valence-corrected chi connectivity index (χ4v) is 8.62. The zero-order valence-corrected chi connectivity index (χ0v) is 32.1. The van der Waals surface area contributed by atoms with Gasteiger partial charge >= 0.3 is 7.12 Å². The van der Waals surface area contributed by atoms with Gasteiger partial charge in [-0.3, -0.25) is 4.40 Å². The summed E-state index contributed by atoms with van der Waals surface area (Å²) < 4.78 is 15.8. The highest BCUT2D eigenvalue weighted by molar-refractivity contribution is 9.10. The van der Waals surface area contributed by atoms with E-state index in [0.29, 0.717) is 0 Å². The smallest absolute Gasteiger partial charge is 0.399 e. The molecule has 1 saturated heterocycles. The predicted molar refractivity (Wildman–Crippen MR) is 209 cm³/mol. The summed E-state index contributed by atoms with van der Waals surface area (Å²) in [5, 5.41) is 8.56. The van der Waals surface area contributed by atoms with Crippen molar-refractivity contribution in [2.45, 2.75) is 123 Å². The first-order valence-electron chi connectivity index (χ1n) is 18.8. The summed E-state index contributed by atoms with van der Waals surface area (Å²) in [4.78, 5) is 0. The van der Waals surface area contributed by atoms with E-state index in [-0.39, 0.29) is 18.3 Å². The van der Waals surface area contributed by atoms with Gasteiger partial charge < -0.3 is 9.31 Å². The Balaban J connectivity index is 0.000000123. The van der Waals surface area contributed by atoms with Crippen LogP contribution < -0.4 is 5.46 Å². The largest absolute Gasteiger partial charge is 0.495 e. The second-order valence-corrected chi connectivity index (χ2v) is 16.2. The molecule has 0 spiro atoms. The van der Waals surface area contributed by atoms with E-state index in [1.165, 1.54) is 114 Å². The molecular formula is C43H51BBrN3O2. The summed E-state index contributed by atoms with van der Waals surface area (Å²) in [5.41, 5.74) is 13.3. The first kappa shape index (κ1) is 35.2. The molecule has 0 radical (unpaired) electrons. The van der Waals surface area contributed by atoms with E-state index < -0.39 is 0 Å². The summed E-state index contributed by atoms with van der Waals surface area (Å²) in [6, 6.07) is 24.0. The predicted octanol–water partition coefficient (Wildman–Crippen LogP) is 9.78. The van der Waals surface area contributed by atoms with E-state index in [0.717, 1.165) is 17.9 Å². The number of hydrogen-bond acceptors (Lipinski definition) is 4. The Labute approximate surface area is 307 Å². The Hall–Kier alpha value is -3.26. The molecule has 2 aromatic heterocycles. The van der Waals surface area contributed by atoms with Gasteiger partial charge in [-0.1, -0.05) is 64.5 Å². The van der Waals surface area contributed by atoms with Crippen LogP contribution in [0.2, 0.25) is 0 Å². The summed E-state index contributed by atoms with van der Waals surface area (Å²) in [6.45, 7) is 10.4. The number of benzene rings is 3. The number of pyridine rings is 1. The molecule has 0 amide bonds.